The Morgan fingerprint density at radius 3 is 1.20 bits per heavy atom. The Morgan fingerprint density at radius 2 is 0.852 bits per heavy atom. The number of rotatable bonds is 17. The molecule has 0 aliphatic carbocycles. The summed E-state index contributed by atoms with van der Waals surface area (Å²) >= 11 is 0. The lowest BCUT2D eigenvalue weighted by Gasteiger charge is -2.57. The number of hydrogen-bond acceptors (Lipinski definition) is 8. The standard InChI is InChI=1S/C44H78N4O6/c1-41(2)31-35(45-25-19-13-15-21-37(45)49)32-42(3,4)47(41)27-29-53-39(51)23-17-11-9-10-12-18-24-40(52)54-30-28-48-43(5,6)33-36(34-44(48,7)8)46-26-20-14-16-22-38(46)50/h35-36H,9-34H2,1-8H3. The highest BCUT2D eigenvalue weighted by molar-refractivity contribution is 5.77. The van der Waals surface area contributed by atoms with Crippen LogP contribution in [0.15, 0.2) is 0 Å². The van der Waals surface area contributed by atoms with Gasteiger partial charge in [0, 0.05) is 86.1 Å². The van der Waals surface area contributed by atoms with E-state index in [2.05, 4.69) is 75.0 Å². The number of unbranched alkanes of at least 4 members (excludes halogenated alkanes) is 5. The van der Waals surface area contributed by atoms with Crippen LogP contribution in [-0.4, -0.2) is 117 Å². The summed E-state index contributed by atoms with van der Waals surface area (Å²) in [5.74, 6) is 0.388. The number of carbonyl (C=O) groups excluding carboxylic acids is 4. The summed E-state index contributed by atoms with van der Waals surface area (Å²) < 4.78 is 11.4. The Morgan fingerprint density at radius 1 is 0.519 bits per heavy atom. The van der Waals surface area contributed by atoms with Gasteiger partial charge in [0.15, 0.2) is 0 Å². The summed E-state index contributed by atoms with van der Waals surface area (Å²) in [5, 5.41) is 0. The quantitative estimate of drug-likeness (QED) is 0.109. The molecule has 310 valence electrons. The molecule has 4 fully saturated rings. The Kier molecular flexibility index (Phi) is 16.3. The molecule has 4 heterocycles. The molecule has 4 aliphatic heterocycles. The smallest absolute Gasteiger partial charge is 0.305 e. The largest absolute Gasteiger partial charge is 0.464 e. The second kappa shape index (κ2) is 19.8. The molecule has 2 amide bonds. The molecule has 0 N–H and O–H groups in total. The minimum absolute atomic E-state index is 0.0927. The SMILES string of the molecule is CC1(C)CC(N2CCCCCC2=O)CC(C)(C)N1CCOC(=O)CCCCCCCCC(=O)OCCN1C(C)(C)CC(N2CCCCCC2=O)CC1(C)C. The zero-order chi connectivity index (χ0) is 39.6. The fourth-order valence-electron chi connectivity index (χ4n) is 10.9. The molecule has 0 atom stereocenters. The van der Waals surface area contributed by atoms with Crippen molar-refractivity contribution < 1.29 is 28.7 Å². The van der Waals surface area contributed by atoms with Crippen molar-refractivity contribution in [2.24, 2.45) is 0 Å². The molecule has 4 aliphatic rings. The van der Waals surface area contributed by atoms with Crippen LogP contribution >= 0.6 is 0 Å². The predicted molar refractivity (Wildman–Crippen MR) is 215 cm³/mol. The second-order valence-corrected chi connectivity index (χ2v) is 19.5. The highest BCUT2D eigenvalue weighted by Crippen LogP contribution is 2.42. The van der Waals surface area contributed by atoms with E-state index in [0.29, 0.717) is 63.8 Å². The van der Waals surface area contributed by atoms with Crippen LogP contribution < -0.4 is 0 Å². The van der Waals surface area contributed by atoms with Crippen LogP contribution in [0.4, 0.5) is 0 Å². The molecular formula is C44H78N4O6. The van der Waals surface area contributed by atoms with E-state index in [1.807, 2.05) is 0 Å². The molecule has 0 aromatic heterocycles. The van der Waals surface area contributed by atoms with Crippen LogP contribution in [0, 0.1) is 0 Å². The molecule has 0 aromatic carbocycles. The fraction of sp³-hybridized carbons (Fsp3) is 0.909. The van der Waals surface area contributed by atoms with Crippen LogP contribution in [0.25, 0.3) is 0 Å². The first-order valence-electron chi connectivity index (χ1n) is 21.9. The zero-order valence-electron chi connectivity index (χ0n) is 35.8. The Balaban J connectivity index is 1.03. The first-order valence-corrected chi connectivity index (χ1v) is 21.9. The Bertz CT molecular complexity index is 1120. The fourth-order valence-corrected chi connectivity index (χ4v) is 10.9. The minimum Gasteiger partial charge on any atom is -0.464 e. The number of likely N-dealkylation sites (tertiary alicyclic amines) is 4. The summed E-state index contributed by atoms with van der Waals surface area (Å²) in [6.07, 6.45) is 18.2. The number of esters is 2. The molecule has 4 saturated heterocycles. The van der Waals surface area contributed by atoms with E-state index in [9.17, 15) is 19.2 Å². The van der Waals surface area contributed by atoms with Gasteiger partial charge < -0.3 is 19.3 Å². The van der Waals surface area contributed by atoms with Crippen molar-refractivity contribution >= 4 is 23.8 Å². The molecule has 0 unspecified atom stereocenters. The molecule has 0 radical (unpaired) electrons. The molecule has 4 rings (SSSR count). The molecule has 0 spiro atoms. The number of ether oxygens (including phenoxy) is 2. The lowest BCUT2D eigenvalue weighted by molar-refractivity contribution is -0.148. The number of hydrogen-bond donors (Lipinski definition) is 0. The number of piperidine rings is 2. The van der Waals surface area contributed by atoms with Crippen molar-refractivity contribution in [3.05, 3.63) is 0 Å². The van der Waals surface area contributed by atoms with Crippen LogP contribution in [-0.2, 0) is 28.7 Å². The van der Waals surface area contributed by atoms with Gasteiger partial charge in [-0.15, -0.1) is 0 Å². The Labute approximate surface area is 328 Å². The summed E-state index contributed by atoms with van der Waals surface area (Å²) in [6.45, 7) is 22.1. The van der Waals surface area contributed by atoms with Gasteiger partial charge in [0.2, 0.25) is 11.8 Å². The van der Waals surface area contributed by atoms with Gasteiger partial charge in [0.1, 0.15) is 13.2 Å². The maximum atomic E-state index is 12.8. The normalized spacial score (nSPS) is 24.2. The first-order chi connectivity index (χ1) is 25.4. The average molecular weight is 759 g/mol. The molecule has 54 heavy (non-hydrogen) atoms. The predicted octanol–water partition coefficient (Wildman–Crippen LogP) is 8.04. The van der Waals surface area contributed by atoms with E-state index >= 15 is 0 Å². The highest BCUT2D eigenvalue weighted by Gasteiger charge is 2.48. The van der Waals surface area contributed by atoms with E-state index in [0.717, 1.165) is 116 Å². The summed E-state index contributed by atoms with van der Waals surface area (Å²) in [4.78, 5) is 60.1. The van der Waals surface area contributed by atoms with Crippen LogP contribution in [0.5, 0.6) is 0 Å². The van der Waals surface area contributed by atoms with E-state index in [1.165, 1.54) is 0 Å². The highest BCUT2D eigenvalue weighted by atomic mass is 16.5. The number of nitrogens with zero attached hydrogens (tertiary/aromatic N) is 4. The van der Waals surface area contributed by atoms with Gasteiger partial charge in [-0.25, -0.2) is 0 Å². The van der Waals surface area contributed by atoms with E-state index < -0.39 is 0 Å². The van der Waals surface area contributed by atoms with Crippen LogP contribution in [0.1, 0.15) is 184 Å². The van der Waals surface area contributed by atoms with Crippen molar-refractivity contribution in [2.75, 3.05) is 39.4 Å². The molecule has 0 bridgehead atoms. The van der Waals surface area contributed by atoms with E-state index in [4.69, 9.17) is 9.47 Å². The van der Waals surface area contributed by atoms with Crippen LogP contribution in [0.3, 0.4) is 0 Å². The first kappa shape index (κ1) is 44.5. The zero-order valence-corrected chi connectivity index (χ0v) is 35.8. The Hall–Kier alpha value is -2.20. The average Bonchev–Trinajstić information content (AvgIpc) is 3.43. The third-order valence-electron chi connectivity index (χ3n) is 13.1. The summed E-state index contributed by atoms with van der Waals surface area (Å²) in [6, 6.07) is 0.532. The van der Waals surface area contributed by atoms with Gasteiger partial charge in [-0.1, -0.05) is 38.5 Å². The van der Waals surface area contributed by atoms with Gasteiger partial charge >= 0.3 is 11.9 Å². The minimum atomic E-state index is -0.123. The number of amides is 2. The van der Waals surface area contributed by atoms with Crippen molar-refractivity contribution in [1.29, 1.82) is 0 Å². The van der Waals surface area contributed by atoms with Gasteiger partial charge in [0.25, 0.3) is 0 Å². The maximum Gasteiger partial charge on any atom is 0.305 e. The van der Waals surface area contributed by atoms with Gasteiger partial charge in [-0.05, 0) is 120 Å². The maximum absolute atomic E-state index is 12.8. The van der Waals surface area contributed by atoms with Crippen molar-refractivity contribution in [2.45, 2.75) is 218 Å². The lowest BCUT2D eigenvalue weighted by Crippen LogP contribution is -2.65. The molecule has 10 heteroatoms. The van der Waals surface area contributed by atoms with E-state index in [1.54, 1.807) is 0 Å². The van der Waals surface area contributed by atoms with Gasteiger partial charge in [-0.2, -0.15) is 0 Å². The molecule has 10 nitrogen and oxygen atoms in total. The summed E-state index contributed by atoms with van der Waals surface area (Å²) in [7, 11) is 0. The topological polar surface area (TPSA) is 99.7 Å². The molecule has 0 aromatic rings. The monoisotopic (exact) mass is 759 g/mol. The third-order valence-corrected chi connectivity index (χ3v) is 13.1. The van der Waals surface area contributed by atoms with Crippen LogP contribution in [0.2, 0.25) is 0 Å². The number of carbonyl (C=O) groups is 4. The van der Waals surface area contributed by atoms with E-state index in [-0.39, 0.29) is 46.2 Å². The third kappa shape index (κ3) is 12.7. The van der Waals surface area contributed by atoms with Crippen molar-refractivity contribution in [3.8, 4) is 0 Å². The molecular weight excluding hydrogens is 681 g/mol. The van der Waals surface area contributed by atoms with Gasteiger partial charge in [0.05, 0.1) is 0 Å². The lowest BCUT2D eigenvalue weighted by atomic mass is 9.76. The summed E-state index contributed by atoms with van der Waals surface area (Å²) in [5.41, 5.74) is -0.371. The second-order valence-electron chi connectivity index (χ2n) is 19.5. The molecule has 0 saturated carbocycles. The van der Waals surface area contributed by atoms with Gasteiger partial charge in [-0.3, -0.25) is 29.0 Å². The van der Waals surface area contributed by atoms with Crippen molar-refractivity contribution in [1.82, 2.24) is 19.6 Å². The van der Waals surface area contributed by atoms with Crippen molar-refractivity contribution in [3.63, 3.8) is 0 Å².